The standard InChI is InChI=1S/C24H27N3O3S/c1-15-18-12-20-21(30-10-9-29-20)13-19(18)24(7-2-3-8-24)14-27(15)23(31)26-17-6-4-5-16(11-17)22(25)28/h4-6,11-13,15H,2-3,7-10,14H2,1H3,(H2,25,28)(H,26,31). The van der Waals surface area contributed by atoms with Crippen LogP contribution in [-0.4, -0.2) is 35.7 Å². The fraction of sp³-hybridized carbons (Fsp3) is 0.417. The zero-order chi connectivity index (χ0) is 21.6. The van der Waals surface area contributed by atoms with Gasteiger partial charge in [-0.3, -0.25) is 4.79 Å². The van der Waals surface area contributed by atoms with Crippen molar-refractivity contribution in [3.63, 3.8) is 0 Å². The van der Waals surface area contributed by atoms with Gasteiger partial charge in [0.1, 0.15) is 13.2 Å². The third-order valence-electron chi connectivity index (χ3n) is 6.90. The van der Waals surface area contributed by atoms with E-state index in [9.17, 15) is 4.79 Å². The third-order valence-corrected chi connectivity index (χ3v) is 7.23. The first kappa shape index (κ1) is 20.1. The Balaban J connectivity index is 1.49. The van der Waals surface area contributed by atoms with Crippen molar-refractivity contribution in [2.75, 3.05) is 25.1 Å². The average molecular weight is 438 g/mol. The third kappa shape index (κ3) is 3.51. The van der Waals surface area contributed by atoms with Crippen LogP contribution in [0.3, 0.4) is 0 Å². The highest BCUT2D eigenvalue weighted by Gasteiger charge is 2.45. The van der Waals surface area contributed by atoms with Gasteiger partial charge in [-0.2, -0.15) is 0 Å². The highest BCUT2D eigenvalue weighted by molar-refractivity contribution is 7.80. The maximum atomic E-state index is 11.5. The molecule has 0 bridgehead atoms. The molecule has 0 aromatic heterocycles. The number of nitrogens with zero attached hydrogens (tertiary/aromatic N) is 1. The summed E-state index contributed by atoms with van der Waals surface area (Å²) in [5.74, 6) is 1.23. The molecule has 6 nitrogen and oxygen atoms in total. The van der Waals surface area contributed by atoms with E-state index in [-0.39, 0.29) is 11.5 Å². The monoisotopic (exact) mass is 437 g/mol. The minimum Gasteiger partial charge on any atom is -0.486 e. The van der Waals surface area contributed by atoms with Crippen LogP contribution < -0.4 is 20.5 Å². The average Bonchev–Trinajstić information content (AvgIpc) is 3.25. The fourth-order valence-corrected chi connectivity index (χ4v) is 5.64. The molecular weight excluding hydrogens is 410 g/mol. The quantitative estimate of drug-likeness (QED) is 0.688. The van der Waals surface area contributed by atoms with Crippen molar-refractivity contribution in [2.45, 2.75) is 44.1 Å². The number of primary amides is 1. The lowest BCUT2D eigenvalue weighted by molar-refractivity contribution is 0.100. The smallest absolute Gasteiger partial charge is 0.248 e. The Hall–Kier alpha value is -2.80. The zero-order valence-corrected chi connectivity index (χ0v) is 18.5. The van der Waals surface area contributed by atoms with E-state index in [0.29, 0.717) is 23.9 Å². The molecule has 3 aliphatic rings. The SMILES string of the molecule is CC1c2cc3c(cc2C2(CCCC2)CN1C(=S)Nc1cccc(C(N)=O)c1)OCCO3. The van der Waals surface area contributed by atoms with Gasteiger partial charge in [-0.25, -0.2) is 0 Å². The molecule has 1 fully saturated rings. The maximum absolute atomic E-state index is 11.5. The molecule has 31 heavy (non-hydrogen) atoms. The summed E-state index contributed by atoms with van der Waals surface area (Å²) >= 11 is 5.85. The van der Waals surface area contributed by atoms with E-state index in [2.05, 4.69) is 29.3 Å². The Kier molecular flexibility index (Phi) is 5.01. The number of hydrogen-bond acceptors (Lipinski definition) is 4. The van der Waals surface area contributed by atoms with Gasteiger partial charge in [0.05, 0.1) is 6.04 Å². The van der Waals surface area contributed by atoms with Crippen molar-refractivity contribution in [1.82, 2.24) is 4.90 Å². The minimum atomic E-state index is -0.452. The normalized spacial score (nSPS) is 20.9. The number of hydrogen-bond donors (Lipinski definition) is 2. The molecule has 0 radical (unpaired) electrons. The largest absolute Gasteiger partial charge is 0.486 e. The van der Waals surface area contributed by atoms with E-state index in [1.165, 1.54) is 24.0 Å². The van der Waals surface area contributed by atoms with Crippen LogP contribution in [0.15, 0.2) is 36.4 Å². The van der Waals surface area contributed by atoms with Crippen molar-refractivity contribution in [3.05, 3.63) is 53.1 Å². The molecule has 1 amide bonds. The van der Waals surface area contributed by atoms with E-state index in [1.54, 1.807) is 12.1 Å². The van der Waals surface area contributed by atoms with E-state index in [0.717, 1.165) is 36.6 Å². The Labute approximate surface area is 187 Å². The second kappa shape index (κ2) is 7.71. The number of rotatable bonds is 2. The first-order valence-electron chi connectivity index (χ1n) is 10.9. The van der Waals surface area contributed by atoms with Crippen LogP contribution in [0.4, 0.5) is 5.69 Å². The van der Waals surface area contributed by atoms with Gasteiger partial charge in [0.15, 0.2) is 16.6 Å². The lowest BCUT2D eigenvalue weighted by Crippen LogP contribution is -2.50. The molecule has 5 rings (SSSR count). The number of amides is 1. The van der Waals surface area contributed by atoms with Gasteiger partial charge in [-0.1, -0.05) is 18.9 Å². The predicted octanol–water partition coefficient (Wildman–Crippen LogP) is 4.14. The van der Waals surface area contributed by atoms with Gasteiger partial charge in [0.25, 0.3) is 0 Å². The minimum absolute atomic E-state index is 0.0679. The van der Waals surface area contributed by atoms with Crippen LogP contribution in [-0.2, 0) is 5.41 Å². The van der Waals surface area contributed by atoms with Gasteiger partial charge >= 0.3 is 0 Å². The van der Waals surface area contributed by atoms with E-state index < -0.39 is 5.91 Å². The first-order chi connectivity index (χ1) is 15.0. The summed E-state index contributed by atoms with van der Waals surface area (Å²) in [6, 6.07) is 11.6. The summed E-state index contributed by atoms with van der Waals surface area (Å²) < 4.78 is 11.8. The Morgan fingerprint density at radius 3 is 2.58 bits per heavy atom. The molecule has 2 aliphatic heterocycles. The molecule has 1 spiro atoms. The van der Waals surface area contributed by atoms with E-state index in [1.807, 2.05) is 12.1 Å². The van der Waals surface area contributed by atoms with Gasteiger partial charge in [0.2, 0.25) is 5.91 Å². The van der Waals surface area contributed by atoms with Gasteiger partial charge in [-0.05, 0) is 73.4 Å². The number of carbonyl (C=O) groups is 1. The molecule has 1 unspecified atom stereocenters. The Morgan fingerprint density at radius 2 is 1.87 bits per heavy atom. The topological polar surface area (TPSA) is 76.8 Å². The van der Waals surface area contributed by atoms with Crippen molar-refractivity contribution >= 4 is 28.9 Å². The van der Waals surface area contributed by atoms with Crippen LogP contribution in [0.25, 0.3) is 0 Å². The molecule has 3 N–H and O–H groups in total. The summed E-state index contributed by atoms with van der Waals surface area (Å²) in [4.78, 5) is 13.8. The van der Waals surface area contributed by atoms with Gasteiger partial charge in [0, 0.05) is 23.2 Å². The number of benzene rings is 2. The number of anilines is 1. The van der Waals surface area contributed by atoms with E-state index in [4.69, 9.17) is 27.4 Å². The first-order valence-corrected chi connectivity index (χ1v) is 11.3. The summed E-state index contributed by atoms with van der Waals surface area (Å²) in [5.41, 5.74) is 9.37. The number of fused-ring (bicyclic) bond motifs is 3. The fourth-order valence-electron chi connectivity index (χ4n) is 5.30. The van der Waals surface area contributed by atoms with Crippen LogP contribution in [0.5, 0.6) is 11.5 Å². The predicted molar refractivity (Wildman–Crippen MR) is 124 cm³/mol. The molecule has 2 aromatic carbocycles. The molecular formula is C24H27N3O3S. The number of thiocarbonyl (C=S) groups is 1. The second-order valence-corrected chi connectivity index (χ2v) is 9.14. The van der Waals surface area contributed by atoms with Crippen molar-refractivity contribution in [2.24, 2.45) is 5.73 Å². The molecule has 2 aromatic rings. The Morgan fingerprint density at radius 1 is 1.16 bits per heavy atom. The maximum Gasteiger partial charge on any atom is 0.248 e. The highest BCUT2D eigenvalue weighted by atomic mass is 32.1. The van der Waals surface area contributed by atoms with Gasteiger partial charge in [-0.15, -0.1) is 0 Å². The highest BCUT2D eigenvalue weighted by Crippen LogP contribution is 2.52. The molecule has 162 valence electrons. The number of nitrogens with two attached hydrogens (primary N) is 1. The number of ether oxygens (including phenoxy) is 2. The van der Waals surface area contributed by atoms with Gasteiger partial charge < -0.3 is 25.4 Å². The zero-order valence-electron chi connectivity index (χ0n) is 17.6. The number of nitrogens with one attached hydrogen (secondary N) is 1. The van der Waals surface area contributed by atoms with Crippen molar-refractivity contribution in [3.8, 4) is 11.5 Å². The molecule has 1 aliphatic carbocycles. The molecule has 7 heteroatoms. The molecule has 0 saturated heterocycles. The van der Waals surface area contributed by atoms with Crippen LogP contribution >= 0.6 is 12.2 Å². The van der Waals surface area contributed by atoms with E-state index >= 15 is 0 Å². The lowest BCUT2D eigenvalue weighted by atomic mass is 9.71. The molecule has 2 heterocycles. The van der Waals surface area contributed by atoms with Crippen LogP contribution in [0, 0.1) is 0 Å². The van der Waals surface area contributed by atoms with Crippen molar-refractivity contribution < 1.29 is 14.3 Å². The Bertz CT molecular complexity index is 1050. The van der Waals surface area contributed by atoms with Crippen LogP contribution in [0.2, 0.25) is 0 Å². The van der Waals surface area contributed by atoms with Crippen molar-refractivity contribution in [1.29, 1.82) is 0 Å². The lowest BCUT2D eigenvalue weighted by Gasteiger charge is -2.47. The summed E-state index contributed by atoms with van der Waals surface area (Å²) in [6.07, 6.45) is 4.72. The van der Waals surface area contributed by atoms with Crippen LogP contribution in [0.1, 0.15) is 60.1 Å². The summed E-state index contributed by atoms with van der Waals surface area (Å²) in [6.45, 7) is 4.22. The summed E-state index contributed by atoms with van der Waals surface area (Å²) in [7, 11) is 0. The summed E-state index contributed by atoms with van der Waals surface area (Å²) in [5, 5.41) is 3.98. The second-order valence-electron chi connectivity index (χ2n) is 8.75. The molecule has 1 saturated carbocycles. The number of carbonyl (C=O) groups excluding carboxylic acids is 1. The molecule has 1 atom stereocenters.